The van der Waals surface area contributed by atoms with E-state index in [0.29, 0.717) is 18.5 Å². The molecule has 0 aromatic heterocycles. The maximum absolute atomic E-state index is 13.7. The number of allylic oxidation sites excluding steroid dienone is 1. The van der Waals surface area contributed by atoms with E-state index in [-0.39, 0.29) is 59.9 Å². The summed E-state index contributed by atoms with van der Waals surface area (Å²) in [5.74, 6) is -0.411. The molecule has 2 unspecified atom stereocenters. The Balaban J connectivity index is 1.67. The van der Waals surface area contributed by atoms with Crippen LogP contribution in [-0.4, -0.2) is 49.6 Å². The van der Waals surface area contributed by atoms with Gasteiger partial charge in [-0.2, -0.15) is 0 Å². The molecule has 1 aliphatic carbocycles. The largest absolute Gasteiger partial charge is 0.355 e. The van der Waals surface area contributed by atoms with Crippen molar-refractivity contribution < 1.29 is 14.0 Å². The number of likely N-dealkylation sites (N-methyl/N-ethyl adjacent to an activating group) is 1. The number of fused-ring (bicyclic) bond motifs is 1. The van der Waals surface area contributed by atoms with Gasteiger partial charge in [-0.15, -0.1) is 0 Å². The summed E-state index contributed by atoms with van der Waals surface area (Å²) >= 11 is 0. The van der Waals surface area contributed by atoms with Crippen molar-refractivity contribution in [2.45, 2.75) is 51.7 Å². The third-order valence-corrected chi connectivity index (χ3v) is 6.11. The van der Waals surface area contributed by atoms with Crippen LogP contribution in [0.25, 0.3) is 0 Å². The fraction of sp³-hybridized carbons (Fsp3) is 0.700. The Labute approximate surface area is 160 Å². The van der Waals surface area contributed by atoms with Crippen LogP contribution in [0, 0.1) is 17.8 Å². The first-order valence-electron chi connectivity index (χ1n) is 10.0. The molecule has 2 aliphatic heterocycles. The van der Waals surface area contributed by atoms with Gasteiger partial charge in [0.15, 0.2) is 0 Å². The predicted molar refractivity (Wildman–Crippen MR) is 103 cm³/mol. The normalized spacial score (nSPS) is 37.1. The number of hydrogen-bond donors (Lipinski definition) is 4. The highest BCUT2D eigenvalue weighted by molar-refractivity contribution is 5.97. The summed E-state index contributed by atoms with van der Waals surface area (Å²) in [6.07, 6.45) is 4.32. The average Bonchev–Trinajstić information content (AvgIpc) is 3.08. The van der Waals surface area contributed by atoms with Gasteiger partial charge in [-0.25, -0.2) is 4.39 Å². The molecule has 0 aromatic rings. The second-order valence-corrected chi connectivity index (χ2v) is 7.91. The van der Waals surface area contributed by atoms with Crippen molar-refractivity contribution in [2.75, 3.05) is 19.6 Å². The minimum Gasteiger partial charge on any atom is -0.355 e. The molecule has 3 aliphatic rings. The minimum absolute atomic E-state index is 0.0115. The predicted octanol–water partition coefficient (Wildman–Crippen LogP) is 1.01. The Morgan fingerprint density at radius 1 is 1.37 bits per heavy atom. The van der Waals surface area contributed by atoms with E-state index in [1.807, 2.05) is 26.8 Å². The Morgan fingerprint density at radius 2 is 2.15 bits per heavy atom. The topological polar surface area (TPSA) is 82.3 Å². The van der Waals surface area contributed by atoms with Crippen molar-refractivity contribution in [3.05, 3.63) is 23.6 Å². The van der Waals surface area contributed by atoms with E-state index >= 15 is 0 Å². The van der Waals surface area contributed by atoms with Crippen molar-refractivity contribution >= 4 is 11.8 Å². The third-order valence-electron chi connectivity index (χ3n) is 6.11. The number of rotatable bonds is 6. The van der Waals surface area contributed by atoms with E-state index in [1.54, 1.807) is 6.08 Å². The number of halogens is 1. The smallest absolute Gasteiger partial charge is 0.247 e. The molecule has 0 spiro atoms. The molecule has 27 heavy (non-hydrogen) atoms. The van der Waals surface area contributed by atoms with Crippen LogP contribution in [0.2, 0.25) is 0 Å². The first-order chi connectivity index (χ1) is 12.9. The van der Waals surface area contributed by atoms with Crippen molar-refractivity contribution in [1.82, 2.24) is 21.3 Å². The number of nitrogens with one attached hydrogen (secondary N) is 4. The lowest BCUT2D eigenvalue weighted by atomic mass is 9.83. The van der Waals surface area contributed by atoms with E-state index in [2.05, 4.69) is 21.3 Å². The minimum atomic E-state index is -0.156. The molecule has 0 radical (unpaired) electrons. The Hall–Kier alpha value is -1.73. The van der Waals surface area contributed by atoms with Crippen molar-refractivity contribution in [3.8, 4) is 0 Å². The van der Waals surface area contributed by atoms with Gasteiger partial charge in [0.25, 0.3) is 0 Å². The van der Waals surface area contributed by atoms with Gasteiger partial charge in [0.2, 0.25) is 11.8 Å². The summed E-state index contributed by atoms with van der Waals surface area (Å²) in [4.78, 5) is 25.0. The van der Waals surface area contributed by atoms with Gasteiger partial charge in [-0.3, -0.25) is 9.59 Å². The lowest BCUT2D eigenvalue weighted by Gasteiger charge is -2.22. The van der Waals surface area contributed by atoms with Gasteiger partial charge in [-0.1, -0.05) is 26.0 Å². The standard InChI is InChI=1S/C20H31FN4O2/c1-4-22-7-8-23-20(27)18-11(2)17(24-12(18)3)10-15-14-9-13(21)5-6-16(14)25-19(15)26/h5,10-12,14,16-18,22,24H,4,6-9H2,1-3H3,(H,23,27)(H,25,26)/b15-10-/t11?,12-,14+,16+,17+,18?/m1/s1. The molecule has 150 valence electrons. The van der Waals surface area contributed by atoms with Crippen LogP contribution >= 0.6 is 0 Å². The highest BCUT2D eigenvalue weighted by atomic mass is 19.1. The molecule has 2 amide bonds. The van der Waals surface area contributed by atoms with E-state index in [1.165, 1.54) is 0 Å². The van der Waals surface area contributed by atoms with E-state index < -0.39 is 0 Å². The van der Waals surface area contributed by atoms with Crippen LogP contribution in [-0.2, 0) is 9.59 Å². The number of amides is 2. The molecule has 2 saturated heterocycles. The zero-order valence-electron chi connectivity index (χ0n) is 16.3. The SMILES string of the molecule is CCNCCNC(=O)C1C(C)[C@H](/C=C2\C(=O)N[C@H]3CC=C(F)C[C@@H]23)N[C@@H]1C. The molecule has 4 N–H and O–H groups in total. The average molecular weight is 378 g/mol. The maximum atomic E-state index is 13.7. The lowest BCUT2D eigenvalue weighted by molar-refractivity contribution is -0.126. The molecule has 0 bridgehead atoms. The van der Waals surface area contributed by atoms with E-state index in [4.69, 9.17) is 0 Å². The van der Waals surface area contributed by atoms with E-state index in [9.17, 15) is 14.0 Å². The summed E-state index contributed by atoms with van der Waals surface area (Å²) in [6.45, 7) is 8.31. The lowest BCUT2D eigenvalue weighted by Crippen LogP contribution is -2.41. The monoisotopic (exact) mass is 378 g/mol. The molecule has 0 saturated carbocycles. The Bertz CT molecular complexity index is 648. The molecule has 3 rings (SSSR count). The molecule has 0 aromatic carbocycles. The summed E-state index contributed by atoms with van der Waals surface area (Å²) in [5, 5.41) is 12.6. The number of carbonyl (C=O) groups excluding carboxylic acids is 2. The fourth-order valence-corrected chi connectivity index (χ4v) is 4.63. The van der Waals surface area contributed by atoms with Crippen LogP contribution in [0.1, 0.15) is 33.6 Å². The quantitative estimate of drug-likeness (QED) is 0.411. The van der Waals surface area contributed by atoms with Gasteiger partial charge < -0.3 is 21.3 Å². The van der Waals surface area contributed by atoms with Crippen LogP contribution in [0.15, 0.2) is 23.6 Å². The highest BCUT2D eigenvalue weighted by Gasteiger charge is 2.44. The second kappa shape index (κ2) is 8.52. The van der Waals surface area contributed by atoms with Crippen molar-refractivity contribution in [2.24, 2.45) is 17.8 Å². The van der Waals surface area contributed by atoms with Gasteiger partial charge in [0.1, 0.15) is 0 Å². The van der Waals surface area contributed by atoms with Gasteiger partial charge >= 0.3 is 0 Å². The molecular weight excluding hydrogens is 347 g/mol. The Morgan fingerprint density at radius 3 is 2.89 bits per heavy atom. The summed E-state index contributed by atoms with van der Waals surface area (Å²) in [6, 6.07) is -0.0650. The molecule has 6 nitrogen and oxygen atoms in total. The van der Waals surface area contributed by atoms with Crippen LogP contribution < -0.4 is 21.3 Å². The summed E-state index contributed by atoms with van der Waals surface area (Å²) in [7, 11) is 0. The van der Waals surface area contributed by atoms with E-state index in [0.717, 1.165) is 13.1 Å². The molecule has 6 atom stereocenters. The maximum Gasteiger partial charge on any atom is 0.247 e. The van der Waals surface area contributed by atoms with Crippen LogP contribution in [0.5, 0.6) is 0 Å². The van der Waals surface area contributed by atoms with Crippen LogP contribution in [0.4, 0.5) is 4.39 Å². The fourth-order valence-electron chi connectivity index (χ4n) is 4.63. The first kappa shape index (κ1) is 20.0. The van der Waals surface area contributed by atoms with Crippen molar-refractivity contribution in [3.63, 3.8) is 0 Å². The molecule has 7 heteroatoms. The summed E-state index contributed by atoms with van der Waals surface area (Å²) in [5.41, 5.74) is 0.660. The van der Waals surface area contributed by atoms with Gasteiger partial charge in [-0.05, 0) is 25.8 Å². The Kier molecular flexibility index (Phi) is 6.32. The highest BCUT2D eigenvalue weighted by Crippen LogP contribution is 2.37. The zero-order valence-corrected chi connectivity index (χ0v) is 16.3. The molecule has 2 heterocycles. The number of carbonyl (C=O) groups is 2. The summed E-state index contributed by atoms with van der Waals surface area (Å²) < 4.78 is 13.7. The zero-order chi connectivity index (χ0) is 19.6. The first-order valence-corrected chi connectivity index (χ1v) is 10.0. The molecular formula is C20H31FN4O2. The van der Waals surface area contributed by atoms with Crippen LogP contribution in [0.3, 0.4) is 0 Å². The molecule has 2 fully saturated rings. The van der Waals surface area contributed by atoms with Crippen molar-refractivity contribution in [1.29, 1.82) is 0 Å². The van der Waals surface area contributed by atoms with Gasteiger partial charge in [0, 0.05) is 49.1 Å². The third kappa shape index (κ3) is 4.24. The number of hydrogen-bond acceptors (Lipinski definition) is 4. The second-order valence-electron chi connectivity index (χ2n) is 7.91. The van der Waals surface area contributed by atoms with Gasteiger partial charge in [0.05, 0.1) is 11.7 Å².